The molecule has 0 aromatic carbocycles. The molecule has 3 rings (SSSR count). The predicted octanol–water partition coefficient (Wildman–Crippen LogP) is 2.55. The molecule has 5 heteroatoms. The van der Waals surface area contributed by atoms with Crippen LogP contribution in [0.15, 0.2) is 17.1 Å². The van der Waals surface area contributed by atoms with Gasteiger partial charge in [0.25, 0.3) is 0 Å². The smallest absolute Gasteiger partial charge is 0.0795 e. The Morgan fingerprint density at radius 3 is 2.89 bits per heavy atom. The Hall–Kier alpha value is -1.20. The zero-order chi connectivity index (χ0) is 12.4. The van der Waals surface area contributed by atoms with E-state index < -0.39 is 0 Å². The third-order valence-electron chi connectivity index (χ3n) is 3.77. The summed E-state index contributed by atoms with van der Waals surface area (Å²) >= 11 is 1.68. The second-order valence-corrected chi connectivity index (χ2v) is 5.70. The Bertz CT molecular complexity index is 483. The second-order valence-electron chi connectivity index (χ2n) is 4.98. The molecule has 2 aromatic rings. The summed E-state index contributed by atoms with van der Waals surface area (Å²) in [4.78, 5) is 6.86. The summed E-state index contributed by atoms with van der Waals surface area (Å²) in [6.07, 6.45) is 4.45. The van der Waals surface area contributed by atoms with Crippen LogP contribution >= 0.6 is 11.3 Å². The fourth-order valence-electron chi connectivity index (χ4n) is 2.72. The van der Waals surface area contributed by atoms with Gasteiger partial charge in [0.15, 0.2) is 0 Å². The maximum Gasteiger partial charge on any atom is 0.0795 e. The molecule has 2 aromatic heterocycles. The van der Waals surface area contributed by atoms with Crippen molar-refractivity contribution in [1.82, 2.24) is 20.1 Å². The number of aromatic nitrogens is 3. The minimum absolute atomic E-state index is 0.676. The molecule has 0 spiro atoms. The van der Waals surface area contributed by atoms with E-state index in [0.29, 0.717) is 5.92 Å². The van der Waals surface area contributed by atoms with Crippen molar-refractivity contribution in [2.75, 3.05) is 13.1 Å². The van der Waals surface area contributed by atoms with Gasteiger partial charge in [-0.05, 0) is 44.3 Å². The molecule has 0 atom stereocenters. The third kappa shape index (κ3) is 2.47. The summed E-state index contributed by atoms with van der Waals surface area (Å²) in [7, 11) is 0. The molecule has 0 aliphatic carbocycles. The summed E-state index contributed by atoms with van der Waals surface area (Å²) in [6, 6.07) is 0. The molecular weight excluding hydrogens is 244 g/mol. The van der Waals surface area contributed by atoms with Crippen LogP contribution in [0.2, 0.25) is 0 Å². The molecule has 1 fully saturated rings. The summed E-state index contributed by atoms with van der Waals surface area (Å²) in [5.41, 5.74) is 5.76. The van der Waals surface area contributed by atoms with Gasteiger partial charge in [-0.2, -0.15) is 5.10 Å². The first-order chi connectivity index (χ1) is 8.83. The second kappa shape index (κ2) is 5.20. The average molecular weight is 262 g/mol. The van der Waals surface area contributed by atoms with Gasteiger partial charge in [0, 0.05) is 17.6 Å². The number of aryl methyl sites for hydroxylation is 1. The molecule has 96 valence electrons. The zero-order valence-electron chi connectivity index (χ0n) is 10.6. The van der Waals surface area contributed by atoms with E-state index in [9.17, 15) is 0 Å². The number of hydrogen-bond acceptors (Lipinski definition) is 4. The minimum atomic E-state index is 0.676. The van der Waals surface area contributed by atoms with Crippen molar-refractivity contribution in [1.29, 1.82) is 0 Å². The van der Waals surface area contributed by atoms with Gasteiger partial charge in [0.05, 0.1) is 17.4 Å². The van der Waals surface area contributed by atoms with Crippen LogP contribution in [0.4, 0.5) is 0 Å². The van der Waals surface area contributed by atoms with Gasteiger partial charge in [-0.1, -0.05) is 0 Å². The number of piperidine rings is 1. The van der Waals surface area contributed by atoms with E-state index in [1.54, 1.807) is 11.3 Å². The van der Waals surface area contributed by atoms with E-state index in [1.165, 1.54) is 29.8 Å². The molecule has 0 saturated carbocycles. The van der Waals surface area contributed by atoms with Gasteiger partial charge in [0.2, 0.25) is 0 Å². The number of aromatic amines is 1. The van der Waals surface area contributed by atoms with Crippen molar-refractivity contribution < 1.29 is 0 Å². The number of nitrogens with one attached hydrogen (secondary N) is 1. The number of nitrogens with zero attached hydrogens (tertiary/aromatic N) is 3. The maximum atomic E-state index is 4.36. The lowest BCUT2D eigenvalue weighted by molar-refractivity contribution is 0.202. The van der Waals surface area contributed by atoms with Gasteiger partial charge in [-0.15, -0.1) is 11.3 Å². The highest BCUT2D eigenvalue weighted by Gasteiger charge is 2.22. The predicted molar refractivity (Wildman–Crippen MR) is 72.7 cm³/mol. The summed E-state index contributed by atoms with van der Waals surface area (Å²) in [5.74, 6) is 0.676. The van der Waals surface area contributed by atoms with Crippen LogP contribution in [0.3, 0.4) is 0 Å². The third-order valence-corrected chi connectivity index (χ3v) is 4.40. The van der Waals surface area contributed by atoms with Crippen molar-refractivity contribution in [3.8, 4) is 0 Å². The Morgan fingerprint density at radius 2 is 2.28 bits per heavy atom. The Labute approximate surface area is 111 Å². The summed E-state index contributed by atoms with van der Waals surface area (Å²) in [6.45, 7) is 5.43. The quantitative estimate of drug-likeness (QED) is 0.924. The lowest BCUT2D eigenvalue weighted by atomic mass is 9.90. The highest BCUT2D eigenvalue weighted by atomic mass is 32.1. The van der Waals surface area contributed by atoms with Crippen LogP contribution in [-0.2, 0) is 6.54 Å². The monoisotopic (exact) mass is 262 g/mol. The molecule has 1 saturated heterocycles. The van der Waals surface area contributed by atoms with Crippen LogP contribution in [0.1, 0.15) is 35.7 Å². The van der Waals surface area contributed by atoms with Crippen LogP contribution in [0.5, 0.6) is 0 Å². The topological polar surface area (TPSA) is 44.8 Å². The molecule has 1 N–H and O–H groups in total. The van der Waals surface area contributed by atoms with E-state index >= 15 is 0 Å². The number of likely N-dealkylation sites (tertiary alicyclic amines) is 1. The lowest BCUT2D eigenvalue weighted by Crippen LogP contribution is -2.32. The van der Waals surface area contributed by atoms with Crippen molar-refractivity contribution in [3.05, 3.63) is 34.0 Å². The lowest BCUT2D eigenvalue weighted by Gasteiger charge is -2.31. The summed E-state index contributed by atoms with van der Waals surface area (Å²) in [5, 5.41) is 9.32. The van der Waals surface area contributed by atoms with E-state index in [1.807, 2.05) is 11.7 Å². The van der Waals surface area contributed by atoms with Crippen LogP contribution in [0, 0.1) is 6.92 Å². The van der Waals surface area contributed by atoms with Gasteiger partial charge in [-0.3, -0.25) is 10.00 Å². The Morgan fingerprint density at radius 1 is 1.44 bits per heavy atom. The average Bonchev–Trinajstić information content (AvgIpc) is 3.02. The van der Waals surface area contributed by atoms with Crippen molar-refractivity contribution in [2.45, 2.75) is 32.2 Å². The van der Waals surface area contributed by atoms with Gasteiger partial charge in [0.1, 0.15) is 0 Å². The number of thiazole rings is 1. The van der Waals surface area contributed by atoms with Crippen molar-refractivity contribution in [3.63, 3.8) is 0 Å². The highest BCUT2D eigenvalue weighted by molar-refractivity contribution is 7.07. The maximum absolute atomic E-state index is 4.36. The SMILES string of the molecule is Cc1[nH]ncc1C1CCN(Cc2cscn2)CC1. The normalized spacial score (nSPS) is 18.3. The van der Waals surface area contributed by atoms with Crippen LogP contribution in [0.25, 0.3) is 0 Å². The molecule has 3 heterocycles. The van der Waals surface area contributed by atoms with Crippen LogP contribution < -0.4 is 0 Å². The number of hydrogen-bond donors (Lipinski definition) is 1. The first-order valence-electron chi connectivity index (χ1n) is 6.42. The molecule has 1 aliphatic rings. The van der Waals surface area contributed by atoms with E-state index in [-0.39, 0.29) is 0 Å². The summed E-state index contributed by atoms with van der Waals surface area (Å²) < 4.78 is 0. The highest BCUT2D eigenvalue weighted by Crippen LogP contribution is 2.29. The van der Waals surface area contributed by atoms with Crippen LogP contribution in [-0.4, -0.2) is 33.2 Å². The Balaban J connectivity index is 1.57. The number of rotatable bonds is 3. The fourth-order valence-corrected chi connectivity index (χ4v) is 3.27. The zero-order valence-corrected chi connectivity index (χ0v) is 11.4. The van der Waals surface area contributed by atoms with Crippen molar-refractivity contribution in [2.24, 2.45) is 0 Å². The molecule has 18 heavy (non-hydrogen) atoms. The molecule has 4 nitrogen and oxygen atoms in total. The first kappa shape index (κ1) is 11.9. The van der Waals surface area contributed by atoms with Gasteiger partial charge in [-0.25, -0.2) is 4.98 Å². The van der Waals surface area contributed by atoms with E-state index in [0.717, 1.165) is 19.6 Å². The van der Waals surface area contributed by atoms with E-state index in [2.05, 4.69) is 32.4 Å². The molecule has 0 unspecified atom stereocenters. The largest absolute Gasteiger partial charge is 0.297 e. The molecule has 1 aliphatic heterocycles. The van der Waals surface area contributed by atoms with E-state index in [4.69, 9.17) is 0 Å². The minimum Gasteiger partial charge on any atom is -0.297 e. The van der Waals surface area contributed by atoms with Gasteiger partial charge < -0.3 is 0 Å². The molecule has 0 bridgehead atoms. The Kier molecular flexibility index (Phi) is 3.43. The van der Waals surface area contributed by atoms with Gasteiger partial charge >= 0.3 is 0 Å². The van der Waals surface area contributed by atoms with Crippen molar-refractivity contribution >= 4 is 11.3 Å². The first-order valence-corrected chi connectivity index (χ1v) is 7.36. The molecule has 0 radical (unpaired) electrons. The number of H-pyrrole nitrogens is 1. The fraction of sp³-hybridized carbons (Fsp3) is 0.538. The standard InChI is InChI=1S/C13H18N4S/c1-10-13(6-15-16-10)11-2-4-17(5-3-11)7-12-8-18-9-14-12/h6,8-9,11H,2-5,7H2,1H3,(H,15,16). The molecular formula is C13H18N4S. The molecule has 0 amide bonds.